The third-order valence-corrected chi connectivity index (χ3v) is 5.19. The van der Waals surface area contributed by atoms with Gasteiger partial charge in [-0.1, -0.05) is 29.8 Å². The molecule has 0 atom stereocenters. The predicted octanol–water partition coefficient (Wildman–Crippen LogP) is 4.75. The monoisotopic (exact) mass is 458 g/mol. The molecule has 164 valence electrons. The smallest absolute Gasteiger partial charge is 0.266 e. The van der Waals surface area contributed by atoms with Crippen molar-refractivity contribution in [3.63, 3.8) is 0 Å². The highest BCUT2D eigenvalue weighted by Gasteiger charge is 2.14. The summed E-state index contributed by atoms with van der Waals surface area (Å²) in [5.41, 5.74) is 1.94. The molecule has 0 aliphatic rings. The van der Waals surface area contributed by atoms with Gasteiger partial charge in [0.25, 0.3) is 5.91 Å². The number of carbonyl (C=O) groups is 2. The molecule has 2 N–H and O–H groups in total. The van der Waals surface area contributed by atoms with E-state index < -0.39 is 5.91 Å². The Hall–Kier alpha value is -4.28. The number of halogens is 1. The second-order valence-electron chi connectivity index (χ2n) is 7.22. The van der Waals surface area contributed by atoms with E-state index in [1.165, 1.54) is 6.08 Å². The highest BCUT2D eigenvalue weighted by molar-refractivity contribution is 6.30. The topological polar surface area (TPSA) is 100 Å². The summed E-state index contributed by atoms with van der Waals surface area (Å²) in [6.45, 7) is 0.370. The van der Waals surface area contributed by atoms with Crippen molar-refractivity contribution in [1.82, 2.24) is 9.88 Å². The molecular weight excluding hydrogens is 440 g/mol. The van der Waals surface area contributed by atoms with E-state index in [1.54, 1.807) is 53.4 Å². The van der Waals surface area contributed by atoms with Gasteiger partial charge in [0.05, 0.1) is 12.8 Å². The Labute approximate surface area is 194 Å². The molecule has 4 aromatic rings. The van der Waals surface area contributed by atoms with E-state index >= 15 is 0 Å². The standard InChI is InChI=1S/C25H19ClN4O3/c26-19-7-9-20(10-8-19)29-25(32)17(13-27)12-18-15-30(23-6-2-1-5-22(18)23)16-24(31)28-14-21-4-3-11-33-21/h1-12,15H,14,16H2,(H,28,31)(H,29,32)/b17-12+. The van der Waals surface area contributed by atoms with Gasteiger partial charge in [0, 0.05) is 33.4 Å². The number of amides is 2. The van der Waals surface area contributed by atoms with Gasteiger partial charge in [-0.05, 0) is 48.5 Å². The summed E-state index contributed by atoms with van der Waals surface area (Å²) in [4.78, 5) is 25.1. The first-order valence-corrected chi connectivity index (χ1v) is 10.5. The van der Waals surface area contributed by atoms with Crippen LogP contribution in [0.4, 0.5) is 5.69 Å². The third-order valence-electron chi connectivity index (χ3n) is 4.94. The minimum absolute atomic E-state index is 0.0601. The van der Waals surface area contributed by atoms with Crippen LogP contribution in [0.2, 0.25) is 5.02 Å². The van der Waals surface area contributed by atoms with Crippen molar-refractivity contribution in [3.8, 4) is 6.07 Å². The summed E-state index contributed by atoms with van der Waals surface area (Å²) in [6, 6.07) is 19.6. The average molecular weight is 459 g/mol. The normalized spacial score (nSPS) is 11.2. The zero-order valence-corrected chi connectivity index (χ0v) is 18.2. The van der Waals surface area contributed by atoms with Crippen molar-refractivity contribution < 1.29 is 14.0 Å². The van der Waals surface area contributed by atoms with Crippen LogP contribution in [0.5, 0.6) is 0 Å². The Morgan fingerprint density at radius 2 is 1.88 bits per heavy atom. The molecule has 0 unspecified atom stereocenters. The fraction of sp³-hybridized carbons (Fsp3) is 0.0800. The van der Waals surface area contributed by atoms with Crippen LogP contribution in [0, 0.1) is 11.3 Å². The Balaban J connectivity index is 1.55. The summed E-state index contributed by atoms with van der Waals surface area (Å²) < 4.78 is 7.01. The van der Waals surface area contributed by atoms with E-state index in [1.807, 2.05) is 30.3 Å². The zero-order chi connectivity index (χ0) is 23.2. The SMILES string of the molecule is N#C/C(=C\c1cn(CC(=O)NCc2ccco2)c2ccccc12)C(=O)Nc1ccc(Cl)cc1. The Morgan fingerprint density at radius 1 is 1.09 bits per heavy atom. The molecule has 0 aliphatic carbocycles. The van der Waals surface area contributed by atoms with Gasteiger partial charge in [0.2, 0.25) is 5.91 Å². The number of nitrogens with one attached hydrogen (secondary N) is 2. The molecule has 0 saturated heterocycles. The molecule has 0 bridgehead atoms. The van der Waals surface area contributed by atoms with Crippen molar-refractivity contribution in [2.24, 2.45) is 0 Å². The highest BCUT2D eigenvalue weighted by atomic mass is 35.5. The van der Waals surface area contributed by atoms with Crippen LogP contribution in [0.3, 0.4) is 0 Å². The molecule has 0 fully saturated rings. The van der Waals surface area contributed by atoms with Gasteiger partial charge in [-0.15, -0.1) is 0 Å². The van der Waals surface area contributed by atoms with Crippen molar-refractivity contribution >= 4 is 46.1 Å². The second-order valence-corrected chi connectivity index (χ2v) is 7.65. The maximum atomic E-state index is 12.6. The quantitative estimate of drug-likeness (QED) is 0.308. The number of furan rings is 1. The van der Waals surface area contributed by atoms with Crippen LogP contribution in [-0.4, -0.2) is 16.4 Å². The number of nitriles is 1. The maximum Gasteiger partial charge on any atom is 0.266 e. The summed E-state index contributed by atoms with van der Waals surface area (Å²) in [6.07, 6.45) is 4.82. The Bertz CT molecular complexity index is 1360. The molecule has 0 spiro atoms. The number of rotatable bonds is 7. The number of anilines is 1. The minimum atomic E-state index is -0.534. The van der Waals surface area contributed by atoms with Gasteiger partial charge < -0.3 is 19.6 Å². The lowest BCUT2D eigenvalue weighted by atomic mass is 10.1. The van der Waals surface area contributed by atoms with E-state index in [0.29, 0.717) is 28.6 Å². The van der Waals surface area contributed by atoms with Crippen molar-refractivity contribution in [2.45, 2.75) is 13.1 Å². The second kappa shape index (κ2) is 9.90. The van der Waals surface area contributed by atoms with E-state index in [0.717, 1.165) is 10.9 Å². The van der Waals surface area contributed by atoms with E-state index in [9.17, 15) is 14.9 Å². The molecule has 0 aliphatic heterocycles. The van der Waals surface area contributed by atoms with Crippen molar-refractivity contribution in [2.75, 3.05) is 5.32 Å². The third kappa shape index (κ3) is 5.32. The van der Waals surface area contributed by atoms with E-state index in [-0.39, 0.29) is 18.0 Å². The number of aromatic nitrogens is 1. The van der Waals surface area contributed by atoms with Gasteiger partial charge >= 0.3 is 0 Å². The number of nitrogens with zero attached hydrogens (tertiary/aromatic N) is 2. The number of fused-ring (bicyclic) bond motifs is 1. The predicted molar refractivity (Wildman–Crippen MR) is 126 cm³/mol. The summed E-state index contributed by atoms with van der Waals surface area (Å²) in [7, 11) is 0. The van der Waals surface area contributed by atoms with Gasteiger partial charge in [-0.2, -0.15) is 5.26 Å². The fourth-order valence-electron chi connectivity index (χ4n) is 3.37. The molecule has 0 radical (unpaired) electrons. The van der Waals surface area contributed by atoms with Crippen molar-refractivity contribution in [3.05, 3.63) is 95.0 Å². The molecule has 4 rings (SSSR count). The van der Waals surface area contributed by atoms with E-state index in [4.69, 9.17) is 16.0 Å². The van der Waals surface area contributed by atoms with Crippen LogP contribution >= 0.6 is 11.6 Å². The highest BCUT2D eigenvalue weighted by Crippen LogP contribution is 2.24. The van der Waals surface area contributed by atoms with Gasteiger partial charge in [0.15, 0.2) is 0 Å². The van der Waals surface area contributed by atoms with Crippen molar-refractivity contribution in [1.29, 1.82) is 5.26 Å². The van der Waals surface area contributed by atoms with Crippen LogP contribution in [-0.2, 0) is 22.7 Å². The van der Waals surface area contributed by atoms with Crippen LogP contribution in [0.25, 0.3) is 17.0 Å². The van der Waals surface area contributed by atoms with Crippen LogP contribution < -0.4 is 10.6 Å². The molecule has 33 heavy (non-hydrogen) atoms. The number of hydrogen-bond acceptors (Lipinski definition) is 4. The molecule has 7 nitrogen and oxygen atoms in total. The molecule has 2 amide bonds. The Kier molecular flexibility index (Phi) is 6.58. The minimum Gasteiger partial charge on any atom is -0.467 e. The molecule has 2 heterocycles. The number of carbonyl (C=O) groups excluding carboxylic acids is 2. The Morgan fingerprint density at radius 3 is 2.61 bits per heavy atom. The lowest BCUT2D eigenvalue weighted by Crippen LogP contribution is -2.26. The first kappa shape index (κ1) is 21.9. The summed E-state index contributed by atoms with van der Waals surface area (Å²) >= 11 is 5.87. The van der Waals surface area contributed by atoms with Gasteiger partial charge in [0.1, 0.15) is 23.9 Å². The molecule has 2 aromatic carbocycles. The summed E-state index contributed by atoms with van der Waals surface area (Å²) in [5, 5.41) is 16.5. The zero-order valence-electron chi connectivity index (χ0n) is 17.4. The lowest BCUT2D eigenvalue weighted by Gasteiger charge is -2.06. The molecule has 2 aromatic heterocycles. The van der Waals surface area contributed by atoms with Crippen LogP contribution in [0.15, 0.2) is 83.1 Å². The first-order chi connectivity index (χ1) is 16.0. The molecule has 8 heteroatoms. The van der Waals surface area contributed by atoms with Crippen LogP contribution in [0.1, 0.15) is 11.3 Å². The molecular formula is C25H19ClN4O3. The van der Waals surface area contributed by atoms with E-state index in [2.05, 4.69) is 10.6 Å². The molecule has 0 saturated carbocycles. The largest absolute Gasteiger partial charge is 0.467 e. The lowest BCUT2D eigenvalue weighted by molar-refractivity contribution is -0.121. The maximum absolute atomic E-state index is 12.6. The van der Waals surface area contributed by atoms with Gasteiger partial charge in [-0.25, -0.2) is 0 Å². The first-order valence-electron chi connectivity index (χ1n) is 10.1. The van der Waals surface area contributed by atoms with Gasteiger partial charge in [-0.3, -0.25) is 9.59 Å². The average Bonchev–Trinajstić information content (AvgIpc) is 3.46. The fourth-order valence-corrected chi connectivity index (χ4v) is 3.49. The number of hydrogen-bond donors (Lipinski definition) is 2. The number of para-hydroxylation sites is 1. The summed E-state index contributed by atoms with van der Waals surface area (Å²) in [5.74, 6) is -0.0637. The number of benzene rings is 2.